The van der Waals surface area contributed by atoms with Crippen molar-refractivity contribution in [2.45, 2.75) is 19.3 Å². The predicted octanol–water partition coefficient (Wildman–Crippen LogP) is 14.2. The quantitative estimate of drug-likeness (QED) is 0.180. The van der Waals surface area contributed by atoms with E-state index in [1.807, 2.05) is 0 Å². The largest absolute Gasteiger partial charge is 0.456 e. The molecule has 272 valence electrons. The van der Waals surface area contributed by atoms with Crippen molar-refractivity contribution in [3.63, 3.8) is 0 Å². The Hall–Kier alpha value is -7.43. The molecule has 1 aliphatic carbocycles. The summed E-state index contributed by atoms with van der Waals surface area (Å²) >= 11 is 0. The summed E-state index contributed by atoms with van der Waals surface area (Å²) in [5.74, 6) is 1.96. The molecule has 0 aliphatic heterocycles. The topological polar surface area (TPSA) is 51.8 Å². The second-order valence-electron chi connectivity index (χ2n) is 15.9. The van der Waals surface area contributed by atoms with Crippen LogP contribution in [0.5, 0.6) is 0 Å². The van der Waals surface area contributed by atoms with Crippen LogP contribution in [-0.4, -0.2) is 15.0 Å². The van der Waals surface area contributed by atoms with Crippen molar-refractivity contribution in [1.29, 1.82) is 0 Å². The van der Waals surface area contributed by atoms with Gasteiger partial charge in [0.2, 0.25) is 0 Å². The van der Waals surface area contributed by atoms with Gasteiger partial charge in [-0.25, -0.2) is 15.0 Å². The maximum Gasteiger partial charge on any atom is 0.164 e. The molecule has 0 fully saturated rings. The molecule has 58 heavy (non-hydrogen) atoms. The Balaban J connectivity index is 1.11. The highest BCUT2D eigenvalue weighted by Crippen LogP contribution is 2.52. The molecule has 2 aromatic heterocycles. The van der Waals surface area contributed by atoms with Gasteiger partial charge in [-0.1, -0.05) is 166 Å². The number of hydrogen-bond donors (Lipinski definition) is 0. The predicted molar refractivity (Wildman–Crippen MR) is 239 cm³/mol. The Morgan fingerprint density at radius 2 is 0.879 bits per heavy atom. The van der Waals surface area contributed by atoms with Gasteiger partial charge in [-0.3, -0.25) is 0 Å². The van der Waals surface area contributed by atoms with Crippen LogP contribution >= 0.6 is 0 Å². The standard InChI is InChI=1S/C54H35N3O/c1-54(2)46-26-10-9-21-39(46)41-23-12-25-44(50(41)54)53-56-51(42-24-11-17-32-14-5-6-18-35(32)42)55-52(57-53)43-29-28-38(36-19-7-8-20-37(36)43)40-22-13-27-47-49(40)45-30-33-15-3-4-16-34(33)31-48(45)58-47/h3-31H,1-2H3. The van der Waals surface area contributed by atoms with Crippen molar-refractivity contribution in [2.75, 3.05) is 0 Å². The van der Waals surface area contributed by atoms with Crippen LogP contribution in [0.25, 0.3) is 111 Å². The van der Waals surface area contributed by atoms with E-state index in [0.29, 0.717) is 17.5 Å². The molecule has 9 aromatic carbocycles. The Labute approximate surface area is 335 Å². The van der Waals surface area contributed by atoms with Gasteiger partial charge in [-0.05, 0) is 90.0 Å². The summed E-state index contributed by atoms with van der Waals surface area (Å²) in [6, 6.07) is 62.4. The number of fused-ring (bicyclic) bond motifs is 9. The first-order valence-electron chi connectivity index (χ1n) is 19.9. The van der Waals surface area contributed by atoms with Gasteiger partial charge >= 0.3 is 0 Å². The summed E-state index contributed by atoms with van der Waals surface area (Å²) in [5.41, 5.74) is 11.8. The van der Waals surface area contributed by atoms with Gasteiger partial charge in [0.1, 0.15) is 11.2 Å². The van der Waals surface area contributed by atoms with E-state index in [-0.39, 0.29) is 5.41 Å². The van der Waals surface area contributed by atoms with Crippen molar-refractivity contribution in [1.82, 2.24) is 15.0 Å². The smallest absolute Gasteiger partial charge is 0.164 e. The Morgan fingerprint density at radius 3 is 1.69 bits per heavy atom. The lowest BCUT2D eigenvalue weighted by Crippen LogP contribution is -2.17. The lowest BCUT2D eigenvalue weighted by atomic mass is 9.80. The zero-order valence-electron chi connectivity index (χ0n) is 32.0. The van der Waals surface area contributed by atoms with Crippen molar-refractivity contribution < 1.29 is 4.42 Å². The average molecular weight is 742 g/mol. The Bertz CT molecular complexity index is 3500. The first-order valence-corrected chi connectivity index (χ1v) is 19.9. The SMILES string of the molecule is CC1(C)c2ccccc2-c2cccc(-c3nc(-c4cccc5ccccc45)nc(-c4ccc(-c5cccc6oc7cc8ccccc8cc7c56)c5ccccc45)n3)c21. The van der Waals surface area contributed by atoms with E-state index < -0.39 is 0 Å². The second-order valence-corrected chi connectivity index (χ2v) is 15.9. The summed E-state index contributed by atoms with van der Waals surface area (Å²) in [4.78, 5) is 16.1. The third kappa shape index (κ3) is 4.78. The van der Waals surface area contributed by atoms with Crippen molar-refractivity contribution in [3.8, 4) is 56.4 Å². The molecule has 12 rings (SSSR count). The van der Waals surface area contributed by atoms with Crippen LogP contribution in [0.4, 0.5) is 0 Å². The average Bonchev–Trinajstić information content (AvgIpc) is 3.76. The van der Waals surface area contributed by atoms with Crippen molar-refractivity contribution >= 4 is 54.3 Å². The lowest BCUT2D eigenvalue weighted by molar-refractivity contribution is 0.661. The van der Waals surface area contributed by atoms with Gasteiger partial charge in [0.15, 0.2) is 17.5 Å². The number of furan rings is 1. The molecule has 0 N–H and O–H groups in total. The van der Waals surface area contributed by atoms with E-state index in [1.54, 1.807) is 0 Å². The maximum absolute atomic E-state index is 6.51. The van der Waals surface area contributed by atoms with E-state index in [0.717, 1.165) is 71.3 Å². The zero-order chi connectivity index (χ0) is 38.5. The molecule has 11 aromatic rings. The van der Waals surface area contributed by atoms with E-state index in [9.17, 15) is 0 Å². The molecule has 0 bridgehead atoms. The zero-order valence-corrected chi connectivity index (χ0v) is 32.0. The molecule has 0 saturated carbocycles. The molecule has 4 heteroatoms. The molecule has 0 unspecified atom stereocenters. The molecule has 4 nitrogen and oxygen atoms in total. The molecule has 0 amide bonds. The molecule has 0 saturated heterocycles. The molecule has 1 aliphatic rings. The van der Waals surface area contributed by atoms with E-state index in [2.05, 4.69) is 190 Å². The van der Waals surface area contributed by atoms with Crippen LogP contribution in [0, 0.1) is 0 Å². The van der Waals surface area contributed by atoms with Gasteiger partial charge < -0.3 is 4.42 Å². The summed E-state index contributed by atoms with van der Waals surface area (Å²) in [7, 11) is 0. The Morgan fingerprint density at radius 1 is 0.362 bits per heavy atom. The van der Waals surface area contributed by atoms with Crippen LogP contribution in [0.2, 0.25) is 0 Å². The first kappa shape index (κ1) is 32.8. The summed E-state index contributed by atoms with van der Waals surface area (Å²) in [6.07, 6.45) is 0. The third-order valence-electron chi connectivity index (χ3n) is 12.3. The second kappa shape index (κ2) is 12.3. The molecular formula is C54H35N3O. The normalized spacial score (nSPS) is 13.1. The maximum atomic E-state index is 6.51. The molecule has 0 spiro atoms. The van der Waals surface area contributed by atoms with E-state index in [1.165, 1.54) is 33.0 Å². The highest BCUT2D eigenvalue weighted by atomic mass is 16.3. The number of rotatable bonds is 4. The molecular weight excluding hydrogens is 707 g/mol. The lowest BCUT2D eigenvalue weighted by Gasteiger charge is -2.24. The van der Waals surface area contributed by atoms with Gasteiger partial charge in [-0.2, -0.15) is 0 Å². The number of aromatic nitrogens is 3. The van der Waals surface area contributed by atoms with Crippen molar-refractivity contribution in [3.05, 3.63) is 187 Å². The summed E-state index contributed by atoms with van der Waals surface area (Å²) in [5, 5.41) is 9.02. The van der Waals surface area contributed by atoms with Gasteiger partial charge in [0.25, 0.3) is 0 Å². The molecule has 2 heterocycles. The van der Waals surface area contributed by atoms with Crippen molar-refractivity contribution in [2.24, 2.45) is 0 Å². The molecule has 0 atom stereocenters. The van der Waals surface area contributed by atoms with Gasteiger partial charge in [0, 0.05) is 32.9 Å². The number of benzene rings is 9. The fraction of sp³-hybridized carbons (Fsp3) is 0.0556. The molecule has 0 radical (unpaired) electrons. The third-order valence-corrected chi connectivity index (χ3v) is 12.3. The monoisotopic (exact) mass is 741 g/mol. The minimum atomic E-state index is -0.242. The fourth-order valence-corrected chi connectivity index (χ4v) is 9.66. The van der Waals surface area contributed by atoms with Gasteiger partial charge in [-0.15, -0.1) is 0 Å². The van der Waals surface area contributed by atoms with E-state index >= 15 is 0 Å². The van der Waals surface area contributed by atoms with Crippen LogP contribution < -0.4 is 0 Å². The fourth-order valence-electron chi connectivity index (χ4n) is 9.66. The van der Waals surface area contributed by atoms with E-state index in [4.69, 9.17) is 19.4 Å². The van der Waals surface area contributed by atoms with Crippen LogP contribution in [-0.2, 0) is 5.41 Å². The summed E-state index contributed by atoms with van der Waals surface area (Å²) in [6.45, 7) is 4.63. The number of nitrogens with zero attached hydrogens (tertiary/aromatic N) is 3. The first-order chi connectivity index (χ1) is 28.5. The Kier molecular flexibility index (Phi) is 6.94. The van der Waals surface area contributed by atoms with Gasteiger partial charge in [0.05, 0.1) is 0 Å². The number of hydrogen-bond acceptors (Lipinski definition) is 4. The van der Waals surface area contributed by atoms with Crippen LogP contribution in [0.3, 0.4) is 0 Å². The van der Waals surface area contributed by atoms with Crippen LogP contribution in [0.1, 0.15) is 25.0 Å². The highest BCUT2D eigenvalue weighted by Gasteiger charge is 2.38. The summed E-state index contributed by atoms with van der Waals surface area (Å²) < 4.78 is 6.51. The minimum Gasteiger partial charge on any atom is -0.456 e. The van der Waals surface area contributed by atoms with Crippen LogP contribution in [0.15, 0.2) is 180 Å². The minimum absolute atomic E-state index is 0.242. The highest BCUT2D eigenvalue weighted by molar-refractivity contribution is 6.18.